The molecule has 0 saturated carbocycles. The monoisotopic (exact) mass is 697 g/mol. The number of likely N-dealkylation sites (N-methyl/N-ethyl adjacent to an activating group) is 1. The third-order valence-electron chi connectivity index (χ3n) is 7.38. The molecule has 0 atom stereocenters. The van der Waals surface area contributed by atoms with Gasteiger partial charge in [-0.3, -0.25) is 18.8 Å². The Bertz CT molecular complexity index is 1750. The Morgan fingerprint density at radius 1 is 1.09 bits per heavy atom. The molecule has 1 saturated heterocycles. The normalized spacial score (nSPS) is 13.1. The van der Waals surface area contributed by atoms with Gasteiger partial charge in [-0.25, -0.2) is 4.98 Å². The van der Waals surface area contributed by atoms with Gasteiger partial charge >= 0.3 is 0 Å². The van der Waals surface area contributed by atoms with Crippen LogP contribution in [0.3, 0.4) is 0 Å². The Kier molecular flexibility index (Phi) is 9.93. The fraction of sp³-hybridized carbons (Fsp3) is 0.250. The first kappa shape index (κ1) is 31.6. The maximum Gasteiger partial charge on any atom is 0.253 e. The molecule has 3 heterocycles. The molecule has 3 amide bonds. The van der Waals surface area contributed by atoms with Gasteiger partial charge in [-0.15, -0.1) is 0 Å². The van der Waals surface area contributed by atoms with E-state index in [1.165, 1.54) is 11.0 Å². The molecule has 1 aliphatic rings. The van der Waals surface area contributed by atoms with Crippen molar-refractivity contribution in [2.24, 2.45) is 0 Å². The van der Waals surface area contributed by atoms with Crippen LogP contribution in [0.4, 0.5) is 5.69 Å². The molecule has 0 radical (unpaired) electrons. The molecule has 44 heavy (non-hydrogen) atoms. The van der Waals surface area contributed by atoms with E-state index in [2.05, 4.69) is 26.2 Å². The van der Waals surface area contributed by atoms with E-state index in [0.717, 1.165) is 41.8 Å². The van der Waals surface area contributed by atoms with Crippen LogP contribution < -0.4 is 15.0 Å². The first-order chi connectivity index (χ1) is 21.1. The summed E-state index contributed by atoms with van der Waals surface area (Å²) < 4.78 is 8.76. The molecule has 1 aliphatic heterocycles. The van der Waals surface area contributed by atoms with Gasteiger partial charge in [0.2, 0.25) is 11.8 Å². The van der Waals surface area contributed by atoms with Gasteiger partial charge in [0.1, 0.15) is 11.2 Å². The largest absolute Gasteiger partial charge is 0.485 e. The van der Waals surface area contributed by atoms with E-state index in [-0.39, 0.29) is 30.0 Å². The number of fused-ring (bicyclic) bond motifs is 1. The number of pyridine rings is 1. The summed E-state index contributed by atoms with van der Waals surface area (Å²) in [6.07, 6.45) is 6.91. The number of likely N-dealkylation sites (tertiary alicyclic amines) is 1. The molecule has 0 spiro atoms. The van der Waals surface area contributed by atoms with Crippen molar-refractivity contribution in [3.63, 3.8) is 0 Å². The fourth-order valence-corrected chi connectivity index (χ4v) is 5.83. The SMILES string of the molecule is Cc1nc2c(OCc3c(Cl)ccc(N(C)C(=O)CNC(=O)C=Cc4ccc(C(=O)N5CCCC5)cc4)c3Cl)cccn2c1Br. The van der Waals surface area contributed by atoms with Gasteiger partial charge in [-0.1, -0.05) is 35.3 Å². The number of amides is 3. The van der Waals surface area contributed by atoms with E-state index >= 15 is 0 Å². The number of ether oxygens (including phenoxy) is 1. The Hall–Kier alpha value is -3.86. The summed E-state index contributed by atoms with van der Waals surface area (Å²) in [6, 6.07) is 14.0. The van der Waals surface area contributed by atoms with E-state index in [1.54, 1.807) is 55.6 Å². The van der Waals surface area contributed by atoms with Crippen molar-refractivity contribution in [2.75, 3.05) is 31.6 Å². The fourth-order valence-electron chi connectivity index (χ4n) is 4.85. The molecule has 2 aromatic carbocycles. The van der Waals surface area contributed by atoms with Crippen molar-refractivity contribution in [1.82, 2.24) is 19.6 Å². The second kappa shape index (κ2) is 13.8. The van der Waals surface area contributed by atoms with Crippen LogP contribution in [-0.4, -0.2) is 58.7 Å². The number of nitrogens with one attached hydrogen (secondary N) is 1. The van der Waals surface area contributed by atoms with Gasteiger partial charge in [0, 0.05) is 48.6 Å². The smallest absolute Gasteiger partial charge is 0.253 e. The highest BCUT2D eigenvalue weighted by Gasteiger charge is 2.21. The highest BCUT2D eigenvalue weighted by atomic mass is 79.9. The second-order valence-electron chi connectivity index (χ2n) is 10.3. The van der Waals surface area contributed by atoms with Crippen molar-refractivity contribution in [3.05, 3.63) is 97.8 Å². The second-order valence-corrected chi connectivity index (χ2v) is 11.9. The van der Waals surface area contributed by atoms with Gasteiger partial charge < -0.3 is 19.9 Å². The summed E-state index contributed by atoms with van der Waals surface area (Å²) in [4.78, 5) is 45.7. The molecule has 0 bridgehead atoms. The zero-order valence-corrected chi connectivity index (χ0v) is 27.2. The summed E-state index contributed by atoms with van der Waals surface area (Å²) in [5, 5.41) is 3.25. The maximum absolute atomic E-state index is 13.0. The molecule has 5 rings (SSSR count). The number of halogens is 3. The minimum atomic E-state index is -0.435. The molecule has 1 fully saturated rings. The molecule has 0 unspecified atom stereocenters. The summed E-state index contributed by atoms with van der Waals surface area (Å²) >= 11 is 16.7. The van der Waals surface area contributed by atoms with Gasteiger partial charge in [0.25, 0.3) is 5.91 Å². The van der Waals surface area contributed by atoms with Crippen LogP contribution in [0.1, 0.15) is 40.0 Å². The molecule has 1 N–H and O–H groups in total. The molecule has 4 aromatic rings. The number of hydrogen-bond acceptors (Lipinski definition) is 5. The van der Waals surface area contributed by atoms with Gasteiger partial charge in [0.05, 0.1) is 22.9 Å². The van der Waals surface area contributed by atoms with Gasteiger partial charge in [-0.05, 0) is 83.7 Å². The topological polar surface area (TPSA) is 96.2 Å². The molecule has 228 valence electrons. The van der Waals surface area contributed by atoms with E-state index in [9.17, 15) is 14.4 Å². The van der Waals surface area contributed by atoms with Crippen LogP contribution in [0.5, 0.6) is 5.75 Å². The number of carbonyl (C=O) groups is 3. The number of hydrogen-bond donors (Lipinski definition) is 1. The number of carbonyl (C=O) groups excluding carboxylic acids is 3. The Balaban J connectivity index is 1.18. The Labute approximate surface area is 273 Å². The average molecular weight is 699 g/mol. The lowest BCUT2D eigenvalue weighted by Gasteiger charge is -2.21. The number of nitrogens with zero attached hydrogens (tertiary/aromatic N) is 4. The summed E-state index contributed by atoms with van der Waals surface area (Å²) in [6.45, 7) is 3.27. The van der Waals surface area contributed by atoms with Crippen LogP contribution >= 0.6 is 39.1 Å². The predicted octanol–water partition coefficient (Wildman–Crippen LogP) is 6.32. The van der Waals surface area contributed by atoms with E-state index in [4.69, 9.17) is 27.9 Å². The number of anilines is 1. The lowest BCUT2D eigenvalue weighted by molar-refractivity contribution is -0.122. The standard InChI is InChI=1S/C32H30BrCl2N5O4/c1-20-30(33)40-17-5-6-26(31(40)37-20)44-19-23-24(34)12-13-25(29(23)35)38(2)28(42)18-36-27(41)14-9-21-7-10-22(11-8-21)32(43)39-15-3-4-16-39/h5-14,17H,3-4,15-16,18-19H2,1-2H3,(H,36,41). The van der Waals surface area contributed by atoms with Crippen molar-refractivity contribution >= 4 is 74.3 Å². The number of benzene rings is 2. The van der Waals surface area contributed by atoms with E-state index in [0.29, 0.717) is 33.2 Å². The van der Waals surface area contributed by atoms with Crippen molar-refractivity contribution in [3.8, 4) is 5.75 Å². The first-order valence-electron chi connectivity index (χ1n) is 14.0. The molecular weight excluding hydrogens is 669 g/mol. The molecule has 2 aromatic heterocycles. The van der Waals surface area contributed by atoms with Crippen LogP contribution in [0.15, 0.2) is 65.4 Å². The maximum atomic E-state index is 13.0. The number of rotatable bonds is 9. The molecule has 9 nitrogen and oxygen atoms in total. The third-order valence-corrected chi connectivity index (χ3v) is 9.11. The van der Waals surface area contributed by atoms with E-state index in [1.807, 2.05) is 28.5 Å². The Morgan fingerprint density at radius 2 is 1.82 bits per heavy atom. The van der Waals surface area contributed by atoms with Gasteiger partial charge in [0.15, 0.2) is 11.4 Å². The van der Waals surface area contributed by atoms with Crippen molar-refractivity contribution < 1.29 is 19.1 Å². The van der Waals surface area contributed by atoms with E-state index < -0.39 is 5.91 Å². The van der Waals surface area contributed by atoms with Crippen molar-refractivity contribution in [1.29, 1.82) is 0 Å². The molecule has 12 heteroatoms. The molecular formula is C32H30BrCl2N5O4. The minimum Gasteiger partial charge on any atom is -0.485 e. The lowest BCUT2D eigenvalue weighted by atomic mass is 10.1. The van der Waals surface area contributed by atoms with Gasteiger partial charge in [-0.2, -0.15) is 0 Å². The minimum absolute atomic E-state index is 0.0225. The number of aromatic nitrogens is 2. The predicted molar refractivity (Wildman–Crippen MR) is 175 cm³/mol. The third kappa shape index (κ3) is 6.93. The molecule has 0 aliphatic carbocycles. The van der Waals surface area contributed by atoms with Crippen LogP contribution in [0.25, 0.3) is 11.7 Å². The van der Waals surface area contributed by atoms with Crippen LogP contribution in [0, 0.1) is 6.92 Å². The summed E-state index contributed by atoms with van der Waals surface area (Å²) in [5.74, 6) is -0.245. The Morgan fingerprint density at radius 3 is 2.55 bits per heavy atom. The average Bonchev–Trinajstić information content (AvgIpc) is 3.67. The number of imidazole rings is 1. The number of aryl methyl sites for hydroxylation is 1. The zero-order chi connectivity index (χ0) is 31.4. The highest BCUT2D eigenvalue weighted by molar-refractivity contribution is 9.10. The van der Waals surface area contributed by atoms with Crippen LogP contribution in [0.2, 0.25) is 10.0 Å². The van der Waals surface area contributed by atoms with Crippen molar-refractivity contribution in [2.45, 2.75) is 26.4 Å². The summed E-state index contributed by atoms with van der Waals surface area (Å²) in [7, 11) is 1.57. The lowest BCUT2D eigenvalue weighted by Crippen LogP contribution is -2.37. The zero-order valence-electron chi connectivity index (χ0n) is 24.1. The highest BCUT2D eigenvalue weighted by Crippen LogP contribution is 2.35. The summed E-state index contributed by atoms with van der Waals surface area (Å²) in [5.41, 5.74) is 3.77. The first-order valence-corrected chi connectivity index (χ1v) is 15.5. The van der Waals surface area contributed by atoms with Crippen LogP contribution in [-0.2, 0) is 16.2 Å². The quantitative estimate of drug-likeness (QED) is 0.207.